The molecule has 5 aromatic rings. The van der Waals surface area contributed by atoms with Gasteiger partial charge in [0.1, 0.15) is 0 Å². The van der Waals surface area contributed by atoms with Crippen molar-refractivity contribution in [3.8, 4) is 0 Å². The Morgan fingerprint density at radius 3 is 1.98 bits per heavy atom. The molecule has 2 N–H and O–H groups in total. The fourth-order valence-electron chi connectivity index (χ4n) is 5.88. The molecule has 5 rings (SSSR count). The summed E-state index contributed by atoms with van der Waals surface area (Å²) in [6, 6.07) is 6.24. The van der Waals surface area contributed by atoms with Crippen LogP contribution in [0.2, 0.25) is 0 Å². The van der Waals surface area contributed by atoms with Crippen molar-refractivity contribution in [3.63, 3.8) is 0 Å². The normalized spacial score (nSPS) is 15.3. The first-order valence-electron chi connectivity index (χ1n) is 13.2. The predicted molar refractivity (Wildman–Crippen MR) is 150 cm³/mol. The van der Waals surface area contributed by atoms with Gasteiger partial charge in [-0.05, 0) is 58.2 Å². The van der Waals surface area contributed by atoms with E-state index in [1.54, 1.807) is 6.92 Å². The SMILES string of the molecule is CC(=O)c1c(C(C)=O)c2c3cc(F)c(F)cc3n(C(C)C(O)F)c2c2c1c1ccc(C)cc1n2CC(C)C(C)O. The van der Waals surface area contributed by atoms with Gasteiger partial charge in [-0.1, -0.05) is 19.1 Å². The molecule has 0 bridgehead atoms. The van der Waals surface area contributed by atoms with Gasteiger partial charge in [0.25, 0.3) is 0 Å². The number of aryl methyl sites for hydroxylation is 1. The maximum Gasteiger partial charge on any atom is 0.217 e. The van der Waals surface area contributed by atoms with Crippen LogP contribution in [0.4, 0.5) is 13.2 Å². The minimum Gasteiger partial charge on any atom is -0.393 e. The number of benzene rings is 3. The highest BCUT2D eigenvalue weighted by Gasteiger charge is 2.32. The summed E-state index contributed by atoms with van der Waals surface area (Å²) < 4.78 is 47.3. The number of hydrogen-bond donors (Lipinski definition) is 2. The Morgan fingerprint density at radius 2 is 1.43 bits per heavy atom. The molecule has 0 aliphatic carbocycles. The lowest BCUT2D eigenvalue weighted by molar-refractivity contribution is 0.00301. The maximum atomic E-state index is 14.7. The fourth-order valence-corrected chi connectivity index (χ4v) is 5.88. The van der Waals surface area contributed by atoms with Crippen molar-refractivity contribution in [3.05, 3.63) is 58.7 Å². The number of halogens is 3. The number of aliphatic hydroxyl groups excluding tert-OH is 2. The van der Waals surface area contributed by atoms with E-state index in [9.17, 15) is 33.0 Å². The summed E-state index contributed by atoms with van der Waals surface area (Å²) in [6.07, 6.45) is -3.08. The number of Topliss-reactive ketones (excluding diaryl/α,β-unsaturated/α-hetero) is 2. The molecule has 6 nitrogen and oxygen atoms in total. The van der Waals surface area contributed by atoms with Crippen LogP contribution in [0.5, 0.6) is 0 Å². The van der Waals surface area contributed by atoms with Gasteiger partial charge in [-0.2, -0.15) is 0 Å². The summed E-state index contributed by atoms with van der Waals surface area (Å²) in [5.41, 5.74) is 2.57. The van der Waals surface area contributed by atoms with Crippen molar-refractivity contribution in [2.45, 2.75) is 66.6 Å². The number of hydrogen-bond acceptors (Lipinski definition) is 4. The molecule has 0 saturated carbocycles. The van der Waals surface area contributed by atoms with Gasteiger partial charge in [0.2, 0.25) is 6.36 Å². The Balaban J connectivity index is 2.24. The van der Waals surface area contributed by atoms with E-state index in [0.717, 1.165) is 23.2 Å². The molecule has 4 atom stereocenters. The van der Waals surface area contributed by atoms with Crippen LogP contribution in [0, 0.1) is 24.5 Å². The summed E-state index contributed by atoms with van der Waals surface area (Å²) in [5.74, 6) is -3.48. The zero-order valence-corrected chi connectivity index (χ0v) is 23.1. The Bertz CT molecular complexity index is 1870. The van der Waals surface area contributed by atoms with Crippen molar-refractivity contribution in [1.82, 2.24) is 9.13 Å². The van der Waals surface area contributed by atoms with Crippen LogP contribution in [0.15, 0.2) is 30.3 Å². The van der Waals surface area contributed by atoms with Crippen molar-refractivity contribution in [1.29, 1.82) is 0 Å². The minimum absolute atomic E-state index is 0.0218. The highest BCUT2D eigenvalue weighted by Crippen LogP contribution is 2.46. The number of nitrogens with zero attached hydrogens (tertiary/aromatic N) is 2. The maximum absolute atomic E-state index is 14.7. The topological polar surface area (TPSA) is 84.5 Å². The van der Waals surface area contributed by atoms with Crippen molar-refractivity contribution < 1.29 is 33.0 Å². The third-order valence-corrected chi connectivity index (χ3v) is 8.04. The first-order valence-corrected chi connectivity index (χ1v) is 13.2. The average Bonchev–Trinajstić information content (AvgIpc) is 3.34. The van der Waals surface area contributed by atoms with E-state index in [1.807, 2.05) is 36.6 Å². The summed E-state index contributed by atoms with van der Waals surface area (Å²) in [4.78, 5) is 26.7. The van der Waals surface area contributed by atoms with Crippen LogP contribution in [0.3, 0.4) is 0 Å². The molecule has 2 aromatic heterocycles. The number of aliphatic hydroxyl groups is 2. The van der Waals surface area contributed by atoms with Gasteiger partial charge in [-0.25, -0.2) is 13.2 Å². The average molecular weight is 553 g/mol. The molecule has 0 saturated heterocycles. The Morgan fingerprint density at radius 1 is 0.850 bits per heavy atom. The monoisotopic (exact) mass is 552 g/mol. The molecule has 0 radical (unpaired) electrons. The summed E-state index contributed by atoms with van der Waals surface area (Å²) in [5, 5.41) is 21.9. The van der Waals surface area contributed by atoms with E-state index in [-0.39, 0.29) is 45.4 Å². The molecule has 4 unspecified atom stereocenters. The predicted octanol–water partition coefficient (Wildman–Crippen LogP) is 6.76. The van der Waals surface area contributed by atoms with Crippen molar-refractivity contribution >= 4 is 55.2 Å². The molecular weight excluding hydrogens is 521 g/mol. The van der Waals surface area contributed by atoms with E-state index >= 15 is 0 Å². The van der Waals surface area contributed by atoms with Gasteiger partial charge in [0.15, 0.2) is 23.2 Å². The van der Waals surface area contributed by atoms with Crippen LogP contribution < -0.4 is 0 Å². The van der Waals surface area contributed by atoms with E-state index in [4.69, 9.17) is 0 Å². The largest absolute Gasteiger partial charge is 0.393 e. The smallest absolute Gasteiger partial charge is 0.217 e. The zero-order chi connectivity index (χ0) is 29.4. The molecule has 40 heavy (non-hydrogen) atoms. The van der Waals surface area contributed by atoms with Crippen LogP contribution in [-0.4, -0.2) is 43.4 Å². The first kappa shape index (κ1) is 27.9. The van der Waals surface area contributed by atoms with Crippen LogP contribution >= 0.6 is 0 Å². The number of fused-ring (bicyclic) bond motifs is 7. The molecule has 2 heterocycles. The molecule has 0 aliphatic rings. The molecule has 3 aromatic carbocycles. The number of ketones is 2. The van der Waals surface area contributed by atoms with Gasteiger partial charge in [-0.15, -0.1) is 0 Å². The van der Waals surface area contributed by atoms with Crippen molar-refractivity contribution in [2.75, 3.05) is 0 Å². The lowest BCUT2D eigenvalue weighted by Crippen LogP contribution is -2.20. The molecule has 0 spiro atoms. The number of carbonyl (C=O) groups excluding carboxylic acids is 2. The van der Waals surface area contributed by atoms with Gasteiger partial charge < -0.3 is 19.3 Å². The summed E-state index contributed by atoms with van der Waals surface area (Å²) in [6.45, 7) is 9.75. The highest BCUT2D eigenvalue weighted by molar-refractivity contribution is 6.34. The van der Waals surface area contributed by atoms with Crippen LogP contribution in [0.1, 0.15) is 66.9 Å². The molecule has 0 aliphatic heterocycles. The molecule has 9 heteroatoms. The summed E-state index contributed by atoms with van der Waals surface area (Å²) in [7, 11) is 0. The van der Waals surface area contributed by atoms with Crippen LogP contribution in [-0.2, 0) is 6.54 Å². The number of aromatic nitrogens is 2. The molecule has 0 amide bonds. The van der Waals surface area contributed by atoms with Gasteiger partial charge in [-0.3, -0.25) is 9.59 Å². The van der Waals surface area contributed by atoms with E-state index in [0.29, 0.717) is 16.3 Å². The van der Waals surface area contributed by atoms with Crippen LogP contribution in [0.25, 0.3) is 43.6 Å². The third kappa shape index (κ3) is 4.02. The molecule has 0 fully saturated rings. The van der Waals surface area contributed by atoms with Gasteiger partial charge in [0, 0.05) is 50.8 Å². The van der Waals surface area contributed by atoms with E-state index < -0.39 is 41.7 Å². The molecular formula is C31H31F3N2O4. The lowest BCUT2D eigenvalue weighted by Gasteiger charge is -2.21. The second-order valence-electron chi connectivity index (χ2n) is 10.9. The number of rotatable bonds is 7. The van der Waals surface area contributed by atoms with E-state index in [1.165, 1.54) is 25.3 Å². The van der Waals surface area contributed by atoms with Crippen molar-refractivity contribution in [2.24, 2.45) is 5.92 Å². The van der Waals surface area contributed by atoms with Gasteiger partial charge >= 0.3 is 0 Å². The van der Waals surface area contributed by atoms with Gasteiger partial charge in [0.05, 0.1) is 28.7 Å². The second-order valence-corrected chi connectivity index (χ2v) is 10.9. The lowest BCUT2D eigenvalue weighted by atomic mass is 9.91. The minimum atomic E-state index is -2.38. The highest BCUT2D eigenvalue weighted by atomic mass is 19.2. The Kier molecular flexibility index (Phi) is 6.79. The van der Waals surface area contributed by atoms with E-state index in [2.05, 4.69) is 0 Å². The first-order chi connectivity index (χ1) is 18.8. The quantitative estimate of drug-likeness (QED) is 0.219. The Hall–Kier alpha value is -3.69. The standard InChI is InChI=1S/C31H31F3N2O4/c1-13-7-8-19-23(9-13)35(12-14(2)16(4)37)29-27(19)25(17(5)38)26(18(6)39)28-20-10-21(32)22(33)11-24(20)36(30(28)29)15(3)31(34)40/h7-11,14-16,31,37,40H,12H2,1-6H3. The fraction of sp³-hybridized carbons (Fsp3) is 0.355. The third-order valence-electron chi connectivity index (χ3n) is 8.04. The zero-order valence-electron chi connectivity index (χ0n) is 23.1. The number of alkyl halides is 1. The second kappa shape index (κ2) is 9.74. The Labute approximate surface area is 228 Å². The summed E-state index contributed by atoms with van der Waals surface area (Å²) >= 11 is 0. The number of carbonyl (C=O) groups is 2. The molecule has 210 valence electrons.